The van der Waals surface area contributed by atoms with Crippen molar-refractivity contribution in [2.45, 2.75) is 38.3 Å². The van der Waals surface area contributed by atoms with Crippen molar-refractivity contribution >= 4 is 57.9 Å². The number of anilines is 3. The summed E-state index contributed by atoms with van der Waals surface area (Å²) in [5.74, 6) is 0.542. The van der Waals surface area contributed by atoms with Crippen LogP contribution in [0.15, 0.2) is 66.0 Å². The summed E-state index contributed by atoms with van der Waals surface area (Å²) in [4.78, 5) is 40.4. The van der Waals surface area contributed by atoms with Gasteiger partial charge in [-0.25, -0.2) is 4.79 Å². The standard InChI is InChI=1S/C37H40ClN5O7S/c1-48-31-20-29(27(38)19-25(31)21-39-14-9-23-7-8-30(44)34-35(23)49-22-33(46)42-34)40-32(45)12-17-43-15-10-26(11-16-43)50-37(47)41-28-13-18-51-36(28)24-5-3-2-4-6-24/h2-8,13,18-20,26,39,44H,9-12,14-17,21-22H2,1H3,(H,40,45)(H,41,47)(H,42,46). The first kappa shape index (κ1) is 36.0. The molecule has 0 aliphatic carbocycles. The number of thiophene rings is 1. The Bertz CT molecular complexity index is 1860. The molecular weight excluding hydrogens is 694 g/mol. The minimum Gasteiger partial charge on any atom is -0.506 e. The number of carbonyl (C=O) groups excluding carboxylic acids is 3. The van der Waals surface area contributed by atoms with E-state index in [9.17, 15) is 19.5 Å². The normalized spacial score (nSPS) is 14.6. The number of rotatable bonds is 13. The Hall–Kier alpha value is -4.82. The Morgan fingerprint density at radius 3 is 2.65 bits per heavy atom. The second kappa shape index (κ2) is 16.9. The van der Waals surface area contributed by atoms with E-state index in [-0.39, 0.29) is 36.7 Å². The van der Waals surface area contributed by atoms with E-state index < -0.39 is 6.09 Å². The van der Waals surface area contributed by atoms with Crippen molar-refractivity contribution in [3.8, 4) is 27.7 Å². The molecule has 12 nitrogen and oxygen atoms in total. The van der Waals surface area contributed by atoms with Crippen LogP contribution in [0.4, 0.5) is 21.9 Å². The summed E-state index contributed by atoms with van der Waals surface area (Å²) >= 11 is 8.14. The average Bonchev–Trinajstić information content (AvgIpc) is 3.60. The molecule has 1 aromatic heterocycles. The lowest BCUT2D eigenvalue weighted by Crippen LogP contribution is -2.39. The minimum atomic E-state index is -0.461. The van der Waals surface area contributed by atoms with Crippen LogP contribution >= 0.6 is 22.9 Å². The van der Waals surface area contributed by atoms with Gasteiger partial charge in [0.05, 0.1) is 28.4 Å². The third-order valence-corrected chi connectivity index (χ3v) is 10.0. The highest BCUT2D eigenvalue weighted by atomic mass is 35.5. The number of likely N-dealkylation sites (tertiary alicyclic amines) is 1. The SMILES string of the molecule is COc1cc(NC(=O)CCN2CCC(OC(=O)Nc3ccsc3-c3ccccc3)CC2)c(Cl)cc1CNCCc1ccc(O)c2c1OCC(=O)N2. The van der Waals surface area contributed by atoms with Gasteiger partial charge in [0.15, 0.2) is 12.4 Å². The molecule has 0 unspecified atom stereocenters. The molecule has 0 radical (unpaired) electrons. The molecule has 268 valence electrons. The summed E-state index contributed by atoms with van der Waals surface area (Å²) < 4.78 is 16.9. The topological polar surface area (TPSA) is 150 Å². The Labute approximate surface area is 305 Å². The number of hydrogen-bond acceptors (Lipinski definition) is 10. The first-order chi connectivity index (χ1) is 24.8. The number of phenolic OH excluding ortho intramolecular Hbond substituents is 1. The van der Waals surface area contributed by atoms with Gasteiger partial charge < -0.3 is 40.2 Å². The third-order valence-electron chi connectivity index (χ3n) is 8.76. The first-order valence-corrected chi connectivity index (χ1v) is 18.0. The van der Waals surface area contributed by atoms with Crippen molar-refractivity contribution in [1.29, 1.82) is 0 Å². The fourth-order valence-electron chi connectivity index (χ4n) is 6.11. The zero-order valence-electron chi connectivity index (χ0n) is 28.1. The highest BCUT2D eigenvalue weighted by Gasteiger charge is 2.24. The summed E-state index contributed by atoms with van der Waals surface area (Å²) in [7, 11) is 1.56. The predicted molar refractivity (Wildman–Crippen MR) is 198 cm³/mol. The number of methoxy groups -OCH3 is 1. The third kappa shape index (κ3) is 9.30. The zero-order chi connectivity index (χ0) is 35.7. The van der Waals surface area contributed by atoms with Gasteiger partial charge in [-0.05, 0) is 60.5 Å². The highest BCUT2D eigenvalue weighted by molar-refractivity contribution is 7.14. The Morgan fingerprint density at radius 2 is 1.86 bits per heavy atom. The van der Waals surface area contributed by atoms with E-state index in [1.165, 1.54) is 6.07 Å². The summed E-state index contributed by atoms with van der Waals surface area (Å²) in [6.07, 6.45) is 1.59. The van der Waals surface area contributed by atoms with Crippen LogP contribution in [0.2, 0.25) is 5.02 Å². The number of amides is 3. The molecule has 3 amide bonds. The quantitative estimate of drug-likeness (QED) is 0.0768. The Kier molecular flexibility index (Phi) is 11.9. The lowest BCUT2D eigenvalue weighted by atomic mass is 10.1. The molecule has 3 heterocycles. The van der Waals surface area contributed by atoms with Crippen LogP contribution < -0.4 is 30.7 Å². The van der Waals surface area contributed by atoms with E-state index >= 15 is 0 Å². The number of nitrogens with zero attached hydrogens (tertiary/aromatic N) is 1. The van der Waals surface area contributed by atoms with Crippen molar-refractivity contribution in [1.82, 2.24) is 10.2 Å². The molecule has 51 heavy (non-hydrogen) atoms. The maximum absolute atomic E-state index is 12.9. The highest BCUT2D eigenvalue weighted by Crippen LogP contribution is 2.39. The van der Waals surface area contributed by atoms with Crippen LogP contribution in [-0.4, -0.2) is 73.9 Å². The number of phenols is 1. The molecule has 2 aliphatic heterocycles. The van der Waals surface area contributed by atoms with Gasteiger partial charge in [-0.3, -0.25) is 14.9 Å². The van der Waals surface area contributed by atoms with Gasteiger partial charge >= 0.3 is 6.09 Å². The van der Waals surface area contributed by atoms with E-state index in [1.54, 1.807) is 36.6 Å². The number of carbonyl (C=O) groups is 3. The molecule has 5 N–H and O–H groups in total. The summed E-state index contributed by atoms with van der Waals surface area (Å²) in [6.45, 7) is 2.94. The van der Waals surface area contributed by atoms with E-state index in [0.717, 1.165) is 27.3 Å². The van der Waals surface area contributed by atoms with Crippen LogP contribution in [0, 0.1) is 0 Å². The largest absolute Gasteiger partial charge is 0.506 e. The zero-order valence-corrected chi connectivity index (χ0v) is 29.7. The van der Waals surface area contributed by atoms with Crippen molar-refractivity contribution < 1.29 is 33.7 Å². The van der Waals surface area contributed by atoms with E-state index in [2.05, 4.69) is 26.2 Å². The molecule has 0 atom stereocenters. The lowest BCUT2D eigenvalue weighted by Gasteiger charge is -2.31. The maximum atomic E-state index is 12.9. The van der Waals surface area contributed by atoms with Crippen molar-refractivity contribution in [3.63, 3.8) is 0 Å². The van der Waals surface area contributed by atoms with Crippen molar-refractivity contribution in [2.75, 3.05) is 55.8 Å². The number of fused-ring (bicyclic) bond motifs is 1. The Morgan fingerprint density at radius 1 is 1.06 bits per heavy atom. The van der Waals surface area contributed by atoms with Crippen molar-refractivity contribution in [2.24, 2.45) is 0 Å². The minimum absolute atomic E-state index is 0.0394. The fourth-order valence-corrected chi connectivity index (χ4v) is 7.20. The van der Waals surface area contributed by atoms with Gasteiger partial charge in [0.25, 0.3) is 5.91 Å². The van der Waals surface area contributed by atoms with Crippen molar-refractivity contribution in [3.05, 3.63) is 82.2 Å². The molecule has 3 aromatic carbocycles. The van der Waals surface area contributed by atoms with Crippen LogP contribution in [0.5, 0.6) is 17.2 Å². The van der Waals surface area contributed by atoms with Gasteiger partial charge in [-0.2, -0.15) is 0 Å². The molecule has 0 saturated carbocycles. The van der Waals surface area contributed by atoms with Gasteiger partial charge in [-0.15, -0.1) is 11.3 Å². The number of hydrogen-bond donors (Lipinski definition) is 5. The molecule has 2 aliphatic rings. The van der Waals surface area contributed by atoms with Gasteiger partial charge in [0.2, 0.25) is 5.91 Å². The summed E-state index contributed by atoms with van der Waals surface area (Å²) in [5, 5.41) is 24.2. The van der Waals surface area contributed by atoms with Crippen LogP contribution in [0.3, 0.4) is 0 Å². The molecule has 6 rings (SSSR count). The molecule has 4 aromatic rings. The molecule has 1 saturated heterocycles. The smallest absolute Gasteiger partial charge is 0.411 e. The maximum Gasteiger partial charge on any atom is 0.411 e. The van der Waals surface area contributed by atoms with E-state index in [1.807, 2.05) is 41.8 Å². The molecule has 1 fully saturated rings. The summed E-state index contributed by atoms with van der Waals surface area (Å²) in [6, 6.07) is 18.6. The molecular formula is C37H40ClN5O7S. The average molecular weight is 734 g/mol. The first-order valence-electron chi connectivity index (χ1n) is 16.7. The van der Waals surface area contributed by atoms with Gasteiger partial charge in [0, 0.05) is 44.2 Å². The van der Waals surface area contributed by atoms with Gasteiger partial charge in [-0.1, -0.05) is 48.0 Å². The van der Waals surface area contributed by atoms with Crippen LogP contribution in [0.25, 0.3) is 10.4 Å². The lowest BCUT2D eigenvalue weighted by molar-refractivity contribution is -0.119. The predicted octanol–water partition coefficient (Wildman–Crippen LogP) is 6.49. The Balaban J connectivity index is 0.918. The van der Waals surface area contributed by atoms with Crippen LogP contribution in [-0.2, 0) is 27.3 Å². The van der Waals surface area contributed by atoms with Crippen LogP contribution in [0.1, 0.15) is 30.4 Å². The number of piperidine rings is 1. The van der Waals surface area contributed by atoms with E-state index in [4.69, 9.17) is 25.8 Å². The molecule has 0 bridgehead atoms. The molecule has 0 spiro atoms. The van der Waals surface area contributed by atoms with Gasteiger partial charge in [0.1, 0.15) is 23.3 Å². The summed E-state index contributed by atoms with van der Waals surface area (Å²) in [5.41, 5.74) is 4.21. The monoisotopic (exact) mass is 733 g/mol. The molecule has 14 heteroatoms. The second-order valence-electron chi connectivity index (χ2n) is 12.3. The second-order valence-corrected chi connectivity index (χ2v) is 13.6. The number of nitrogens with one attached hydrogen (secondary N) is 4. The van der Waals surface area contributed by atoms with E-state index in [0.29, 0.717) is 79.9 Å². The number of benzene rings is 3. The fraction of sp³-hybridized carbons (Fsp3) is 0.324. The number of aromatic hydroxyl groups is 1. The number of ether oxygens (including phenoxy) is 3. The number of halogens is 1.